The lowest BCUT2D eigenvalue weighted by molar-refractivity contribution is 0.262. The standard InChI is InChI=1S/C22H19ClN6O3/c1-14-11-12-29(28-14)20-9-10-21(27-26-20)32-17-6-4-16(5-7-17)24-22(30)25-18-13-15(23)3-8-19(18)31-2/h3-13H,1-2H3,(H2,24,25,30). The van der Waals surface area contributed by atoms with Crippen LogP contribution in [0.25, 0.3) is 5.82 Å². The molecule has 0 fully saturated rings. The summed E-state index contributed by atoms with van der Waals surface area (Å²) >= 11 is 5.99. The van der Waals surface area contributed by atoms with Crippen molar-refractivity contribution in [2.75, 3.05) is 17.7 Å². The number of amides is 2. The lowest BCUT2D eigenvalue weighted by Crippen LogP contribution is -2.19. The van der Waals surface area contributed by atoms with Crippen molar-refractivity contribution in [1.82, 2.24) is 20.0 Å². The quantitative estimate of drug-likeness (QED) is 0.425. The molecule has 2 N–H and O–H groups in total. The van der Waals surface area contributed by atoms with Gasteiger partial charge in [0.2, 0.25) is 5.88 Å². The monoisotopic (exact) mass is 450 g/mol. The van der Waals surface area contributed by atoms with Crippen LogP contribution in [0.15, 0.2) is 66.9 Å². The summed E-state index contributed by atoms with van der Waals surface area (Å²) in [6.45, 7) is 1.90. The molecule has 0 radical (unpaired) electrons. The average Bonchev–Trinajstić information content (AvgIpc) is 3.22. The van der Waals surface area contributed by atoms with Crippen molar-refractivity contribution in [2.24, 2.45) is 0 Å². The molecule has 0 saturated heterocycles. The zero-order chi connectivity index (χ0) is 22.5. The fraction of sp³-hybridized carbons (Fsp3) is 0.0909. The predicted molar refractivity (Wildman–Crippen MR) is 121 cm³/mol. The van der Waals surface area contributed by atoms with Gasteiger partial charge in [-0.3, -0.25) is 0 Å². The maximum absolute atomic E-state index is 12.3. The van der Waals surface area contributed by atoms with Crippen LogP contribution in [0.1, 0.15) is 5.69 Å². The maximum atomic E-state index is 12.3. The van der Waals surface area contributed by atoms with Crippen LogP contribution in [-0.4, -0.2) is 33.1 Å². The summed E-state index contributed by atoms with van der Waals surface area (Å²) in [7, 11) is 1.52. The van der Waals surface area contributed by atoms with E-state index in [-0.39, 0.29) is 0 Å². The van der Waals surface area contributed by atoms with Crippen LogP contribution in [-0.2, 0) is 0 Å². The van der Waals surface area contributed by atoms with E-state index in [1.807, 2.05) is 19.2 Å². The minimum absolute atomic E-state index is 0.337. The Kier molecular flexibility index (Phi) is 6.18. The van der Waals surface area contributed by atoms with E-state index in [1.54, 1.807) is 59.3 Å². The molecule has 4 aromatic rings. The molecule has 0 aliphatic heterocycles. The Labute approximate surface area is 189 Å². The van der Waals surface area contributed by atoms with E-state index in [2.05, 4.69) is 25.9 Å². The smallest absolute Gasteiger partial charge is 0.323 e. The van der Waals surface area contributed by atoms with Crippen LogP contribution in [0, 0.1) is 6.92 Å². The molecule has 2 aromatic carbocycles. The van der Waals surface area contributed by atoms with Crippen LogP contribution in [0.2, 0.25) is 5.02 Å². The summed E-state index contributed by atoms with van der Waals surface area (Å²) in [5.74, 6) is 1.98. The SMILES string of the molecule is COc1ccc(Cl)cc1NC(=O)Nc1ccc(Oc2ccc(-n3ccc(C)n3)nn2)cc1. The topological polar surface area (TPSA) is 103 Å². The van der Waals surface area contributed by atoms with Crippen molar-refractivity contribution in [3.8, 4) is 23.2 Å². The summed E-state index contributed by atoms with van der Waals surface area (Å²) in [6, 6.07) is 16.7. The molecule has 10 heteroatoms. The third-order valence-corrected chi connectivity index (χ3v) is 4.56. The first-order chi connectivity index (χ1) is 15.5. The van der Waals surface area contributed by atoms with E-state index in [4.69, 9.17) is 21.1 Å². The fourth-order valence-corrected chi connectivity index (χ4v) is 2.99. The molecule has 0 aliphatic rings. The van der Waals surface area contributed by atoms with Crippen LogP contribution >= 0.6 is 11.6 Å². The molecule has 9 nitrogen and oxygen atoms in total. The molecule has 0 unspecified atom stereocenters. The first-order valence-electron chi connectivity index (χ1n) is 9.56. The van der Waals surface area contributed by atoms with Gasteiger partial charge >= 0.3 is 6.03 Å². The second-order valence-electron chi connectivity index (χ2n) is 6.68. The van der Waals surface area contributed by atoms with E-state index in [0.717, 1.165) is 5.69 Å². The summed E-state index contributed by atoms with van der Waals surface area (Å²) < 4.78 is 12.6. The number of hydrogen-bond acceptors (Lipinski definition) is 6. The molecule has 0 atom stereocenters. The number of carbonyl (C=O) groups excluding carboxylic acids is 1. The fourth-order valence-electron chi connectivity index (χ4n) is 2.82. The lowest BCUT2D eigenvalue weighted by atomic mass is 10.3. The van der Waals surface area contributed by atoms with Crippen LogP contribution in [0.3, 0.4) is 0 Å². The van der Waals surface area contributed by atoms with Gasteiger partial charge in [-0.1, -0.05) is 11.6 Å². The number of benzene rings is 2. The number of carbonyl (C=O) groups is 1. The first-order valence-corrected chi connectivity index (χ1v) is 9.94. The number of ether oxygens (including phenoxy) is 2. The summed E-state index contributed by atoms with van der Waals surface area (Å²) in [4.78, 5) is 12.3. The van der Waals surface area contributed by atoms with E-state index >= 15 is 0 Å². The number of aromatic nitrogens is 4. The van der Waals surface area contributed by atoms with Gasteiger partial charge in [-0.15, -0.1) is 10.2 Å². The molecule has 2 heterocycles. The number of halogens is 1. The van der Waals surface area contributed by atoms with Crippen LogP contribution < -0.4 is 20.1 Å². The molecular formula is C22H19ClN6O3. The van der Waals surface area contributed by atoms with Crippen molar-refractivity contribution in [3.63, 3.8) is 0 Å². The lowest BCUT2D eigenvalue weighted by Gasteiger charge is -2.12. The highest BCUT2D eigenvalue weighted by atomic mass is 35.5. The van der Waals surface area contributed by atoms with Crippen LogP contribution in [0.5, 0.6) is 17.4 Å². The number of methoxy groups -OCH3 is 1. The van der Waals surface area contributed by atoms with Gasteiger partial charge < -0.3 is 20.1 Å². The number of rotatable bonds is 6. The van der Waals surface area contributed by atoms with Gasteiger partial charge in [0.1, 0.15) is 11.5 Å². The summed E-state index contributed by atoms with van der Waals surface area (Å²) in [5, 5.41) is 18.4. The number of urea groups is 1. The summed E-state index contributed by atoms with van der Waals surface area (Å²) in [5.41, 5.74) is 1.93. The highest BCUT2D eigenvalue weighted by Gasteiger charge is 2.09. The van der Waals surface area contributed by atoms with Gasteiger partial charge in [0.25, 0.3) is 0 Å². The van der Waals surface area contributed by atoms with Crippen molar-refractivity contribution in [1.29, 1.82) is 0 Å². The number of nitrogens with zero attached hydrogens (tertiary/aromatic N) is 4. The van der Waals surface area contributed by atoms with Crippen LogP contribution in [0.4, 0.5) is 16.2 Å². The number of hydrogen-bond donors (Lipinski definition) is 2. The zero-order valence-corrected chi connectivity index (χ0v) is 18.0. The molecule has 2 aromatic heterocycles. The third-order valence-electron chi connectivity index (χ3n) is 4.33. The Bertz CT molecular complexity index is 1230. The second-order valence-corrected chi connectivity index (χ2v) is 7.12. The Morgan fingerprint density at radius 1 is 1.00 bits per heavy atom. The summed E-state index contributed by atoms with van der Waals surface area (Å²) in [6.07, 6.45) is 1.81. The van der Waals surface area contributed by atoms with Gasteiger partial charge in [0.15, 0.2) is 5.82 Å². The molecule has 2 amide bonds. The molecule has 32 heavy (non-hydrogen) atoms. The van der Waals surface area contributed by atoms with Gasteiger partial charge in [-0.05, 0) is 61.5 Å². The van der Waals surface area contributed by atoms with Crippen molar-refractivity contribution < 1.29 is 14.3 Å². The Balaban J connectivity index is 1.36. The molecular weight excluding hydrogens is 432 g/mol. The molecule has 4 rings (SSSR count). The normalized spacial score (nSPS) is 10.5. The van der Waals surface area contributed by atoms with Crippen molar-refractivity contribution in [2.45, 2.75) is 6.92 Å². The number of anilines is 2. The highest BCUT2D eigenvalue weighted by Crippen LogP contribution is 2.28. The zero-order valence-electron chi connectivity index (χ0n) is 17.2. The van der Waals surface area contributed by atoms with Crippen molar-refractivity contribution >= 4 is 29.0 Å². The van der Waals surface area contributed by atoms with E-state index in [1.165, 1.54) is 7.11 Å². The Morgan fingerprint density at radius 3 is 2.47 bits per heavy atom. The first kappa shape index (κ1) is 21.1. The molecule has 0 bridgehead atoms. The third kappa shape index (κ3) is 5.13. The Morgan fingerprint density at radius 2 is 1.81 bits per heavy atom. The minimum Gasteiger partial charge on any atom is -0.495 e. The highest BCUT2D eigenvalue weighted by molar-refractivity contribution is 6.31. The number of aryl methyl sites for hydroxylation is 1. The molecule has 0 saturated carbocycles. The predicted octanol–water partition coefficient (Wildman–Crippen LogP) is 5.07. The van der Waals surface area contributed by atoms with Gasteiger partial charge in [-0.25, -0.2) is 9.48 Å². The van der Waals surface area contributed by atoms with Gasteiger partial charge in [0.05, 0.1) is 18.5 Å². The van der Waals surface area contributed by atoms with E-state index < -0.39 is 6.03 Å². The second kappa shape index (κ2) is 9.36. The van der Waals surface area contributed by atoms with E-state index in [0.29, 0.717) is 39.6 Å². The van der Waals surface area contributed by atoms with E-state index in [9.17, 15) is 4.79 Å². The molecule has 0 aliphatic carbocycles. The minimum atomic E-state index is -0.436. The Hall–Kier alpha value is -4.11. The average molecular weight is 451 g/mol. The molecule has 0 spiro atoms. The number of nitrogens with one attached hydrogen (secondary N) is 2. The van der Waals surface area contributed by atoms with Crippen molar-refractivity contribution in [3.05, 3.63) is 77.6 Å². The largest absolute Gasteiger partial charge is 0.495 e. The van der Waals surface area contributed by atoms with Gasteiger partial charge in [0, 0.05) is 23.0 Å². The van der Waals surface area contributed by atoms with Gasteiger partial charge in [-0.2, -0.15) is 5.10 Å². The molecule has 162 valence electrons. The maximum Gasteiger partial charge on any atom is 0.323 e.